The van der Waals surface area contributed by atoms with Crippen LogP contribution >= 0.6 is 11.8 Å². The molecule has 1 aliphatic rings. The first-order valence-corrected chi connectivity index (χ1v) is 9.45. The van der Waals surface area contributed by atoms with Gasteiger partial charge in [-0.15, -0.1) is 11.8 Å². The Morgan fingerprint density at radius 2 is 2.08 bits per heavy atom. The van der Waals surface area contributed by atoms with Crippen LogP contribution in [0.25, 0.3) is 11.0 Å². The van der Waals surface area contributed by atoms with Gasteiger partial charge in [-0.05, 0) is 31.6 Å². The van der Waals surface area contributed by atoms with Gasteiger partial charge in [-0.3, -0.25) is 4.79 Å². The van der Waals surface area contributed by atoms with Gasteiger partial charge in [0.25, 0.3) is 0 Å². The lowest BCUT2D eigenvalue weighted by molar-refractivity contribution is -0.134. The second kappa shape index (κ2) is 6.81. The van der Waals surface area contributed by atoms with Gasteiger partial charge in [-0.2, -0.15) is 0 Å². The van der Waals surface area contributed by atoms with Crippen molar-refractivity contribution < 1.29 is 9.21 Å². The molecule has 1 amide bonds. The third-order valence-electron chi connectivity index (χ3n) is 4.23. The summed E-state index contributed by atoms with van der Waals surface area (Å²) < 4.78 is 6.06. The van der Waals surface area contributed by atoms with Gasteiger partial charge < -0.3 is 14.2 Å². The Morgan fingerprint density at radius 3 is 2.79 bits per heavy atom. The van der Waals surface area contributed by atoms with Crippen LogP contribution in [0.3, 0.4) is 0 Å². The fourth-order valence-electron chi connectivity index (χ4n) is 3.52. The Balaban J connectivity index is 1.87. The topological polar surface area (TPSA) is 36.7 Å². The van der Waals surface area contributed by atoms with E-state index in [1.54, 1.807) is 11.8 Å². The highest BCUT2D eigenvalue weighted by molar-refractivity contribution is 7.99. The van der Waals surface area contributed by atoms with Crippen LogP contribution in [-0.4, -0.2) is 48.6 Å². The van der Waals surface area contributed by atoms with Crippen molar-refractivity contribution in [2.75, 3.05) is 32.9 Å². The first-order valence-electron chi connectivity index (χ1n) is 8.40. The summed E-state index contributed by atoms with van der Waals surface area (Å²) in [5, 5.41) is 1.07. The molecule has 3 rings (SSSR count). The highest BCUT2D eigenvalue weighted by Crippen LogP contribution is 2.41. The molecule has 0 spiro atoms. The van der Waals surface area contributed by atoms with Crippen molar-refractivity contribution >= 4 is 28.6 Å². The van der Waals surface area contributed by atoms with Gasteiger partial charge in [-0.1, -0.05) is 32.0 Å². The number of furan rings is 1. The lowest BCUT2D eigenvalue weighted by atomic mass is 9.92. The molecule has 0 saturated carbocycles. The first kappa shape index (κ1) is 17.4. The number of nitrogens with zero attached hydrogens (tertiary/aromatic N) is 2. The van der Waals surface area contributed by atoms with E-state index in [0.29, 0.717) is 6.42 Å². The number of fused-ring (bicyclic) bond motifs is 1. The summed E-state index contributed by atoms with van der Waals surface area (Å²) in [6.45, 7) is 6.11. The molecule has 0 bridgehead atoms. The molecule has 130 valence electrons. The largest absolute Gasteiger partial charge is 0.458 e. The zero-order valence-corrected chi connectivity index (χ0v) is 15.7. The molecule has 1 aromatic carbocycles. The Morgan fingerprint density at radius 1 is 1.33 bits per heavy atom. The van der Waals surface area contributed by atoms with Crippen LogP contribution in [0.1, 0.15) is 31.4 Å². The number of carbonyl (C=O) groups is 1. The number of benzene rings is 1. The smallest absolute Gasteiger partial charge is 0.224 e. The Kier molecular flexibility index (Phi) is 4.92. The lowest BCUT2D eigenvalue weighted by Crippen LogP contribution is -2.45. The summed E-state index contributed by atoms with van der Waals surface area (Å²) in [6.07, 6.45) is 0.611. The van der Waals surface area contributed by atoms with Crippen molar-refractivity contribution in [2.24, 2.45) is 5.41 Å². The third kappa shape index (κ3) is 3.78. The molecular weight excluding hydrogens is 320 g/mol. The molecule has 0 aliphatic carbocycles. The molecule has 1 saturated heterocycles. The van der Waals surface area contributed by atoms with Gasteiger partial charge in [0.15, 0.2) is 0 Å². The van der Waals surface area contributed by atoms with Crippen molar-refractivity contribution in [1.82, 2.24) is 9.80 Å². The van der Waals surface area contributed by atoms with Crippen LogP contribution in [0.2, 0.25) is 0 Å². The third-order valence-corrected chi connectivity index (χ3v) is 5.47. The molecule has 0 radical (unpaired) electrons. The predicted octanol–water partition coefficient (Wildman–Crippen LogP) is 3.98. The lowest BCUT2D eigenvalue weighted by Gasteiger charge is -2.40. The molecule has 1 aromatic heterocycles. The van der Waals surface area contributed by atoms with Gasteiger partial charge in [0.1, 0.15) is 16.7 Å². The predicted molar refractivity (Wildman–Crippen MR) is 100 cm³/mol. The number of carbonyl (C=O) groups excluding carboxylic acids is 1. The fourth-order valence-corrected chi connectivity index (χ4v) is 4.69. The van der Waals surface area contributed by atoms with Gasteiger partial charge in [-0.25, -0.2) is 0 Å². The van der Waals surface area contributed by atoms with Crippen LogP contribution in [0, 0.1) is 5.41 Å². The van der Waals surface area contributed by atoms with Crippen LogP contribution in [0.5, 0.6) is 0 Å². The van der Waals surface area contributed by atoms with E-state index in [4.69, 9.17) is 4.42 Å². The van der Waals surface area contributed by atoms with Crippen LogP contribution < -0.4 is 0 Å². The minimum Gasteiger partial charge on any atom is -0.458 e. The molecule has 1 atom stereocenters. The molecule has 4 nitrogen and oxygen atoms in total. The van der Waals surface area contributed by atoms with Crippen LogP contribution in [-0.2, 0) is 4.79 Å². The summed E-state index contributed by atoms with van der Waals surface area (Å²) in [5.41, 5.74) is 0.917. The molecule has 1 fully saturated rings. The average molecular weight is 346 g/mol. The maximum absolute atomic E-state index is 12.6. The Labute approximate surface area is 148 Å². The second-order valence-electron chi connectivity index (χ2n) is 7.58. The van der Waals surface area contributed by atoms with Crippen LogP contribution in [0.15, 0.2) is 34.7 Å². The Hall–Kier alpha value is -1.46. The highest BCUT2D eigenvalue weighted by Gasteiger charge is 2.36. The van der Waals surface area contributed by atoms with E-state index in [1.807, 2.05) is 23.1 Å². The monoisotopic (exact) mass is 346 g/mol. The van der Waals surface area contributed by atoms with E-state index in [9.17, 15) is 4.79 Å². The van der Waals surface area contributed by atoms with Gasteiger partial charge in [0.2, 0.25) is 5.91 Å². The first-order chi connectivity index (χ1) is 11.4. The summed E-state index contributed by atoms with van der Waals surface area (Å²) in [7, 11) is 4.15. The quantitative estimate of drug-likeness (QED) is 0.820. The van der Waals surface area contributed by atoms with Crippen molar-refractivity contribution in [3.8, 4) is 0 Å². The van der Waals surface area contributed by atoms with E-state index in [2.05, 4.69) is 45.0 Å². The standard InChI is InChI=1S/C19H26N2O2S/c1-19(2,12-20(3)4)13-21-17(22)9-10-24-18(21)16-11-14-7-5-6-8-15(14)23-16/h5-8,11,18H,9-10,12-13H2,1-4H3. The van der Waals surface area contributed by atoms with Crippen LogP contribution in [0.4, 0.5) is 0 Å². The summed E-state index contributed by atoms with van der Waals surface area (Å²) in [4.78, 5) is 16.8. The number of thioether (sulfide) groups is 1. The van der Waals surface area contributed by atoms with Crippen molar-refractivity contribution in [1.29, 1.82) is 0 Å². The molecule has 2 heterocycles. The summed E-state index contributed by atoms with van der Waals surface area (Å²) >= 11 is 1.80. The molecule has 1 unspecified atom stereocenters. The van der Waals surface area contributed by atoms with Crippen molar-refractivity contribution in [3.05, 3.63) is 36.1 Å². The summed E-state index contributed by atoms with van der Waals surface area (Å²) in [5.74, 6) is 1.96. The molecule has 2 aromatic rings. The number of para-hydroxylation sites is 1. The minimum absolute atomic E-state index is 0.0277. The van der Waals surface area contributed by atoms with Gasteiger partial charge in [0, 0.05) is 30.6 Å². The van der Waals surface area contributed by atoms with Crippen molar-refractivity contribution in [3.63, 3.8) is 0 Å². The average Bonchev–Trinajstić information content (AvgIpc) is 2.91. The number of rotatable bonds is 5. The molecule has 5 heteroatoms. The van der Waals surface area contributed by atoms with E-state index in [0.717, 1.165) is 35.6 Å². The maximum atomic E-state index is 12.6. The van der Waals surface area contributed by atoms with E-state index < -0.39 is 0 Å². The molecule has 24 heavy (non-hydrogen) atoms. The fraction of sp³-hybridized carbons (Fsp3) is 0.526. The second-order valence-corrected chi connectivity index (χ2v) is 8.77. The SMILES string of the molecule is CN(C)CC(C)(C)CN1C(=O)CCSC1c1cc2ccccc2o1. The Bertz CT molecular complexity index is 690. The molecular formula is C19H26N2O2S. The maximum Gasteiger partial charge on any atom is 0.224 e. The zero-order valence-electron chi connectivity index (χ0n) is 14.9. The number of hydrogen-bond donors (Lipinski definition) is 0. The van der Waals surface area contributed by atoms with Gasteiger partial charge in [0.05, 0.1) is 0 Å². The van der Waals surface area contributed by atoms with E-state index in [1.165, 1.54) is 0 Å². The normalized spacial score (nSPS) is 19.5. The molecule has 1 aliphatic heterocycles. The zero-order chi connectivity index (χ0) is 17.3. The summed E-state index contributed by atoms with van der Waals surface area (Å²) in [6, 6.07) is 10.1. The highest BCUT2D eigenvalue weighted by atomic mass is 32.2. The number of amides is 1. The van der Waals surface area contributed by atoms with Crippen molar-refractivity contribution in [2.45, 2.75) is 25.6 Å². The number of hydrogen-bond acceptors (Lipinski definition) is 4. The minimum atomic E-state index is -0.0277. The van der Waals surface area contributed by atoms with Gasteiger partial charge >= 0.3 is 0 Å². The van der Waals surface area contributed by atoms with E-state index in [-0.39, 0.29) is 16.7 Å². The van der Waals surface area contributed by atoms with E-state index >= 15 is 0 Å². The molecule has 0 N–H and O–H groups in total.